The van der Waals surface area contributed by atoms with Crippen LogP contribution in [0, 0.1) is 0 Å². The Balaban J connectivity index is 1.48. The number of ether oxygens (including phenoxy) is 2. The van der Waals surface area contributed by atoms with Crippen LogP contribution in [-0.2, 0) is 28.5 Å². The van der Waals surface area contributed by atoms with E-state index >= 15 is 0 Å². The Hall–Kier alpha value is -3.94. The third kappa shape index (κ3) is 4.32. The van der Waals surface area contributed by atoms with Crippen LogP contribution in [-0.4, -0.2) is 18.2 Å². The second-order valence-corrected chi connectivity index (χ2v) is 8.42. The molecule has 0 spiro atoms. The van der Waals surface area contributed by atoms with Gasteiger partial charge in [-0.25, -0.2) is 0 Å². The predicted octanol–water partition coefficient (Wildman–Crippen LogP) is 6.61. The van der Waals surface area contributed by atoms with Gasteiger partial charge < -0.3 is 19.0 Å². The van der Waals surface area contributed by atoms with Gasteiger partial charge in [-0.1, -0.05) is 18.2 Å². The third-order valence-electron chi connectivity index (χ3n) is 6.28. The highest BCUT2D eigenvalue weighted by atomic mass is 19.4. The van der Waals surface area contributed by atoms with Crippen molar-refractivity contribution < 1.29 is 37.0 Å². The lowest BCUT2D eigenvalue weighted by molar-refractivity contribution is -0.140. The van der Waals surface area contributed by atoms with Crippen molar-refractivity contribution in [2.75, 3.05) is 7.11 Å². The van der Waals surface area contributed by atoms with E-state index in [1.165, 1.54) is 43.7 Å². The fourth-order valence-corrected chi connectivity index (χ4v) is 4.65. The molecule has 1 unspecified atom stereocenters. The van der Waals surface area contributed by atoms with E-state index in [1.807, 2.05) is 0 Å². The molecule has 0 saturated carbocycles. The summed E-state index contributed by atoms with van der Waals surface area (Å²) in [4.78, 5) is 11.6. The van der Waals surface area contributed by atoms with Gasteiger partial charge in [-0.3, -0.25) is 4.79 Å². The molecule has 1 aliphatic rings. The van der Waals surface area contributed by atoms with E-state index < -0.39 is 17.8 Å². The summed E-state index contributed by atoms with van der Waals surface area (Å²) < 4.78 is 58.0. The number of methoxy groups -OCH3 is 1. The van der Waals surface area contributed by atoms with E-state index in [2.05, 4.69) is 0 Å². The van der Waals surface area contributed by atoms with Gasteiger partial charge in [-0.15, -0.1) is 0 Å². The molecule has 1 atom stereocenters. The zero-order chi connectivity index (χ0) is 24.7. The van der Waals surface area contributed by atoms with Crippen molar-refractivity contribution in [3.05, 3.63) is 83.1 Å². The Morgan fingerprint density at radius 1 is 1.11 bits per heavy atom. The van der Waals surface area contributed by atoms with Gasteiger partial charge in [0.15, 0.2) is 0 Å². The third-order valence-corrected chi connectivity index (χ3v) is 6.28. The molecule has 1 heterocycles. The predicted molar refractivity (Wildman–Crippen MR) is 122 cm³/mol. The molecule has 180 valence electrons. The first kappa shape index (κ1) is 22.8. The lowest BCUT2D eigenvalue weighted by Gasteiger charge is -2.19. The standard InChI is InChI=1S/C27H21F3O5/c1-33-25(32)12-16-14-34-24-13-18(6-7-19(16)24)35-23-11-9-21-20(23)8-10-22(27(28,29)30)26(21)15-2-4-17(31)5-3-15/h2-8,10,13-14,23,31H,9,11-12H2,1H3. The zero-order valence-electron chi connectivity index (χ0n) is 18.7. The summed E-state index contributed by atoms with van der Waals surface area (Å²) in [6.07, 6.45) is -2.42. The molecule has 5 rings (SSSR count). The van der Waals surface area contributed by atoms with Crippen molar-refractivity contribution in [1.82, 2.24) is 0 Å². The van der Waals surface area contributed by atoms with Crippen molar-refractivity contribution in [2.45, 2.75) is 31.5 Å². The van der Waals surface area contributed by atoms with Gasteiger partial charge in [0.05, 0.1) is 25.4 Å². The molecule has 0 fully saturated rings. The molecular formula is C27H21F3O5. The van der Waals surface area contributed by atoms with Gasteiger partial charge in [-0.05, 0) is 65.4 Å². The van der Waals surface area contributed by atoms with Crippen molar-refractivity contribution >= 4 is 16.9 Å². The maximum atomic E-state index is 13.9. The number of phenolic OH excluding ortho intramolecular Hbond substituents is 1. The molecule has 5 nitrogen and oxygen atoms in total. The molecule has 1 aromatic heterocycles. The number of rotatable bonds is 5. The summed E-state index contributed by atoms with van der Waals surface area (Å²) in [5.41, 5.74) is 2.33. The van der Waals surface area contributed by atoms with E-state index in [9.17, 15) is 23.1 Å². The summed E-state index contributed by atoms with van der Waals surface area (Å²) >= 11 is 0. The number of phenols is 1. The first-order chi connectivity index (χ1) is 16.7. The normalized spacial score (nSPS) is 15.3. The van der Waals surface area contributed by atoms with Gasteiger partial charge in [0, 0.05) is 17.0 Å². The number of halogens is 3. The largest absolute Gasteiger partial charge is 0.508 e. The number of carbonyl (C=O) groups is 1. The highest BCUT2D eigenvalue weighted by molar-refractivity contribution is 5.86. The Kier molecular flexibility index (Phi) is 5.67. The van der Waals surface area contributed by atoms with Crippen LogP contribution in [0.5, 0.6) is 11.5 Å². The quantitative estimate of drug-likeness (QED) is 0.324. The molecule has 4 aromatic rings. The molecule has 0 radical (unpaired) electrons. The number of alkyl halides is 3. The number of carbonyl (C=O) groups excluding carboxylic acids is 1. The maximum Gasteiger partial charge on any atom is 0.417 e. The molecule has 0 aliphatic heterocycles. The van der Waals surface area contributed by atoms with Crippen LogP contribution >= 0.6 is 0 Å². The van der Waals surface area contributed by atoms with E-state index in [-0.39, 0.29) is 23.7 Å². The molecule has 0 bridgehead atoms. The molecule has 0 saturated heterocycles. The summed E-state index contributed by atoms with van der Waals surface area (Å²) in [6.45, 7) is 0. The van der Waals surface area contributed by atoms with Crippen molar-refractivity contribution in [3.8, 4) is 22.6 Å². The molecule has 1 aliphatic carbocycles. The number of hydrogen-bond acceptors (Lipinski definition) is 5. The van der Waals surface area contributed by atoms with Crippen LogP contribution in [0.1, 0.15) is 34.8 Å². The fraction of sp³-hybridized carbons (Fsp3) is 0.222. The van der Waals surface area contributed by atoms with E-state index in [0.29, 0.717) is 46.4 Å². The molecule has 0 amide bonds. The lowest BCUT2D eigenvalue weighted by atomic mass is 9.91. The SMILES string of the molecule is COC(=O)Cc1coc2cc(OC3CCc4c3ccc(C(F)(F)F)c4-c3ccc(O)cc3)ccc12. The second-order valence-electron chi connectivity index (χ2n) is 8.42. The Morgan fingerprint density at radius 2 is 1.89 bits per heavy atom. The average Bonchev–Trinajstić information content (AvgIpc) is 3.42. The van der Waals surface area contributed by atoms with E-state index in [4.69, 9.17) is 13.9 Å². The van der Waals surface area contributed by atoms with Crippen LogP contribution in [0.3, 0.4) is 0 Å². The van der Waals surface area contributed by atoms with Gasteiger partial charge in [-0.2, -0.15) is 13.2 Å². The molecule has 8 heteroatoms. The minimum atomic E-state index is -4.52. The van der Waals surface area contributed by atoms with Gasteiger partial charge in [0.25, 0.3) is 0 Å². The number of benzene rings is 3. The number of esters is 1. The van der Waals surface area contributed by atoms with Crippen LogP contribution in [0.15, 0.2) is 65.3 Å². The maximum absolute atomic E-state index is 13.9. The molecule has 35 heavy (non-hydrogen) atoms. The van der Waals surface area contributed by atoms with Crippen molar-refractivity contribution in [3.63, 3.8) is 0 Å². The summed E-state index contributed by atoms with van der Waals surface area (Å²) in [6, 6.07) is 13.6. The monoisotopic (exact) mass is 482 g/mol. The van der Waals surface area contributed by atoms with Crippen LogP contribution in [0.2, 0.25) is 0 Å². The summed E-state index contributed by atoms with van der Waals surface area (Å²) in [7, 11) is 1.32. The van der Waals surface area contributed by atoms with Crippen LogP contribution in [0.25, 0.3) is 22.1 Å². The summed E-state index contributed by atoms with van der Waals surface area (Å²) in [5, 5.41) is 10.4. The van der Waals surface area contributed by atoms with Gasteiger partial charge in [0.1, 0.15) is 23.2 Å². The smallest absolute Gasteiger partial charge is 0.417 e. The highest BCUT2D eigenvalue weighted by Crippen LogP contribution is 2.46. The zero-order valence-corrected chi connectivity index (χ0v) is 18.7. The second kappa shape index (κ2) is 8.69. The average molecular weight is 482 g/mol. The number of aromatic hydroxyl groups is 1. The Labute approximate surface area is 198 Å². The first-order valence-electron chi connectivity index (χ1n) is 11.0. The molecule has 3 aromatic carbocycles. The van der Waals surface area contributed by atoms with E-state index in [0.717, 1.165) is 11.5 Å². The van der Waals surface area contributed by atoms with E-state index in [1.54, 1.807) is 18.2 Å². The number of hydrogen-bond donors (Lipinski definition) is 1. The fourth-order valence-electron chi connectivity index (χ4n) is 4.65. The lowest BCUT2D eigenvalue weighted by Crippen LogP contribution is -2.10. The summed E-state index contributed by atoms with van der Waals surface area (Å²) in [5.74, 6) is 0.123. The van der Waals surface area contributed by atoms with Crippen molar-refractivity contribution in [2.24, 2.45) is 0 Å². The topological polar surface area (TPSA) is 68.9 Å². The Bertz CT molecular complexity index is 1400. The minimum Gasteiger partial charge on any atom is -0.508 e. The first-order valence-corrected chi connectivity index (χ1v) is 11.0. The van der Waals surface area contributed by atoms with Gasteiger partial charge in [0.2, 0.25) is 0 Å². The number of furan rings is 1. The molecular weight excluding hydrogens is 461 g/mol. The van der Waals surface area contributed by atoms with Crippen LogP contribution in [0.4, 0.5) is 13.2 Å². The Morgan fingerprint density at radius 3 is 2.60 bits per heavy atom. The van der Waals surface area contributed by atoms with Crippen LogP contribution < -0.4 is 4.74 Å². The van der Waals surface area contributed by atoms with Crippen molar-refractivity contribution in [1.29, 1.82) is 0 Å². The molecule has 1 N–H and O–H groups in total. The number of fused-ring (bicyclic) bond motifs is 2. The van der Waals surface area contributed by atoms with Gasteiger partial charge >= 0.3 is 12.1 Å². The highest BCUT2D eigenvalue weighted by Gasteiger charge is 2.38. The minimum absolute atomic E-state index is 0.0147.